The van der Waals surface area contributed by atoms with Crippen LogP contribution in [0, 0.1) is 0 Å². The van der Waals surface area contributed by atoms with Crippen molar-refractivity contribution in [2.24, 2.45) is 0 Å². The lowest BCUT2D eigenvalue weighted by Crippen LogP contribution is -2.28. The quantitative estimate of drug-likeness (QED) is 0.842. The molecule has 0 radical (unpaired) electrons. The Bertz CT molecular complexity index is 628. The molecule has 2 aromatic rings. The van der Waals surface area contributed by atoms with Gasteiger partial charge >= 0.3 is 5.69 Å². The van der Waals surface area contributed by atoms with E-state index in [1.165, 1.54) is 16.8 Å². The molecule has 5 nitrogen and oxygen atoms in total. The van der Waals surface area contributed by atoms with E-state index in [1.54, 1.807) is 7.11 Å². The number of nitrogens with one attached hydrogen (secondary N) is 1. The highest BCUT2D eigenvalue weighted by molar-refractivity contribution is 5.28. The van der Waals surface area contributed by atoms with E-state index >= 15 is 0 Å². The number of hydrogen-bond donors (Lipinski definition) is 1. The van der Waals surface area contributed by atoms with Gasteiger partial charge in [0.25, 0.3) is 5.56 Å². The van der Waals surface area contributed by atoms with Crippen molar-refractivity contribution >= 4 is 0 Å². The van der Waals surface area contributed by atoms with E-state index in [4.69, 9.17) is 4.74 Å². The van der Waals surface area contributed by atoms with Crippen LogP contribution in [0.3, 0.4) is 0 Å². The van der Waals surface area contributed by atoms with Crippen molar-refractivity contribution in [1.29, 1.82) is 0 Å². The van der Waals surface area contributed by atoms with Gasteiger partial charge in [-0.3, -0.25) is 14.3 Å². The van der Waals surface area contributed by atoms with E-state index in [0.29, 0.717) is 6.54 Å². The molecule has 5 heteroatoms. The Balaban J connectivity index is 2.31. The van der Waals surface area contributed by atoms with Gasteiger partial charge < -0.3 is 4.74 Å². The molecule has 0 saturated heterocycles. The summed E-state index contributed by atoms with van der Waals surface area (Å²) in [7, 11) is 1.59. The van der Waals surface area contributed by atoms with E-state index in [-0.39, 0.29) is 0 Å². The average molecular weight is 232 g/mol. The Kier molecular flexibility index (Phi) is 3.09. The third-order valence-electron chi connectivity index (χ3n) is 2.38. The molecule has 17 heavy (non-hydrogen) atoms. The van der Waals surface area contributed by atoms with Crippen LogP contribution in [0.15, 0.2) is 46.1 Å². The second-order valence-electron chi connectivity index (χ2n) is 3.59. The van der Waals surface area contributed by atoms with Gasteiger partial charge in [-0.1, -0.05) is 12.1 Å². The fraction of sp³-hybridized carbons (Fsp3) is 0.167. The summed E-state index contributed by atoms with van der Waals surface area (Å²) >= 11 is 0. The third-order valence-corrected chi connectivity index (χ3v) is 2.38. The fourth-order valence-corrected chi connectivity index (χ4v) is 1.54. The second-order valence-corrected chi connectivity index (χ2v) is 3.59. The lowest BCUT2D eigenvalue weighted by Gasteiger charge is -2.06. The van der Waals surface area contributed by atoms with Crippen LogP contribution in [-0.4, -0.2) is 16.7 Å². The van der Waals surface area contributed by atoms with Crippen molar-refractivity contribution in [3.8, 4) is 5.75 Å². The fourth-order valence-electron chi connectivity index (χ4n) is 1.54. The zero-order valence-electron chi connectivity index (χ0n) is 9.34. The highest BCUT2D eigenvalue weighted by Gasteiger charge is 1.99. The highest BCUT2D eigenvalue weighted by Crippen LogP contribution is 2.12. The van der Waals surface area contributed by atoms with Crippen molar-refractivity contribution < 1.29 is 4.74 Å². The van der Waals surface area contributed by atoms with Gasteiger partial charge in [0.05, 0.1) is 13.7 Å². The Hall–Kier alpha value is -2.30. The molecule has 2 rings (SSSR count). The summed E-state index contributed by atoms with van der Waals surface area (Å²) in [5.74, 6) is 0.736. The van der Waals surface area contributed by atoms with Crippen molar-refractivity contribution in [3.63, 3.8) is 0 Å². The molecule has 88 valence electrons. The number of aromatic amines is 1. The van der Waals surface area contributed by atoms with Crippen LogP contribution in [0.5, 0.6) is 5.75 Å². The summed E-state index contributed by atoms with van der Waals surface area (Å²) in [6.45, 7) is 0.396. The number of rotatable bonds is 3. The molecule has 0 spiro atoms. The third kappa shape index (κ3) is 2.63. The van der Waals surface area contributed by atoms with Crippen LogP contribution in [-0.2, 0) is 6.54 Å². The number of hydrogen-bond acceptors (Lipinski definition) is 3. The first-order valence-corrected chi connectivity index (χ1v) is 5.12. The van der Waals surface area contributed by atoms with Gasteiger partial charge in [0.1, 0.15) is 5.75 Å². The van der Waals surface area contributed by atoms with E-state index < -0.39 is 11.2 Å². The van der Waals surface area contributed by atoms with Gasteiger partial charge in [-0.15, -0.1) is 0 Å². The van der Waals surface area contributed by atoms with E-state index in [0.717, 1.165) is 11.3 Å². The Morgan fingerprint density at radius 1 is 1.29 bits per heavy atom. The van der Waals surface area contributed by atoms with E-state index in [9.17, 15) is 9.59 Å². The molecular formula is C12H12N2O3. The van der Waals surface area contributed by atoms with Gasteiger partial charge in [0.15, 0.2) is 0 Å². The van der Waals surface area contributed by atoms with Crippen LogP contribution < -0.4 is 16.0 Å². The van der Waals surface area contributed by atoms with Gasteiger partial charge in [-0.25, -0.2) is 4.79 Å². The SMILES string of the molecule is COc1cccc(Cn2ccc(=O)[nH]c2=O)c1. The summed E-state index contributed by atoms with van der Waals surface area (Å²) in [6, 6.07) is 8.74. The number of methoxy groups -OCH3 is 1. The van der Waals surface area contributed by atoms with Crippen LogP contribution in [0.25, 0.3) is 0 Å². The Morgan fingerprint density at radius 2 is 2.12 bits per heavy atom. The zero-order chi connectivity index (χ0) is 12.3. The first-order valence-electron chi connectivity index (χ1n) is 5.12. The molecule has 1 N–H and O–H groups in total. The van der Waals surface area contributed by atoms with Gasteiger partial charge in [-0.2, -0.15) is 0 Å². The normalized spacial score (nSPS) is 10.2. The van der Waals surface area contributed by atoms with Gasteiger partial charge in [0.2, 0.25) is 0 Å². The molecule has 0 bridgehead atoms. The summed E-state index contributed by atoms with van der Waals surface area (Å²) in [5.41, 5.74) is 0.121. The summed E-state index contributed by atoms with van der Waals surface area (Å²) in [4.78, 5) is 24.6. The van der Waals surface area contributed by atoms with Crippen molar-refractivity contribution in [3.05, 3.63) is 62.9 Å². The van der Waals surface area contributed by atoms with E-state index in [1.807, 2.05) is 24.3 Å². The zero-order valence-corrected chi connectivity index (χ0v) is 9.34. The molecule has 0 fully saturated rings. The second kappa shape index (κ2) is 4.69. The van der Waals surface area contributed by atoms with Crippen LogP contribution in [0.4, 0.5) is 0 Å². The van der Waals surface area contributed by atoms with Crippen molar-refractivity contribution in [1.82, 2.24) is 9.55 Å². The predicted molar refractivity (Wildman–Crippen MR) is 63.4 cm³/mol. The molecule has 1 aromatic heterocycles. The Morgan fingerprint density at radius 3 is 2.82 bits per heavy atom. The molecular weight excluding hydrogens is 220 g/mol. The molecule has 0 atom stereocenters. The molecule has 1 heterocycles. The smallest absolute Gasteiger partial charge is 0.328 e. The number of ether oxygens (including phenoxy) is 1. The number of aromatic nitrogens is 2. The largest absolute Gasteiger partial charge is 0.497 e. The highest BCUT2D eigenvalue weighted by atomic mass is 16.5. The van der Waals surface area contributed by atoms with Crippen LogP contribution in [0.2, 0.25) is 0 Å². The Labute approximate surface area is 97.3 Å². The monoisotopic (exact) mass is 232 g/mol. The average Bonchev–Trinajstić information content (AvgIpc) is 2.33. The molecule has 1 aromatic carbocycles. The minimum Gasteiger partial charge on any atom is -0.497 e. The first kappa shape index (κ1) is 11.2. The molecule has 0 unspecified atom stereocenters. The van der Waals surface area contributed by atoms with E-state index in [2.05, 4.69) is 4.98 Å². The molecule has 0 aliphatic carbocycles. The molecule has 0 aliphatic heterocycles. The maximum atomic E-state index is 11.5. The lowest BCUT2D eigenvalue weighted by atomic mass is 10.2. The van der Waals surface area contributed by atoms with Crippen LogP contribution >= 0.6 is 0 Å². The number of H-pyrrole nitrogens is 1. The first-order chi connectivity index (χ1) is 8.19. The maximum absolute atomic E-state index is 11.5. The standard InChI is InChI=1S/C12H12N2O3/c1-17-10-4-2-3-9(7-10)8-14-6-5-11(15)13-12(14)16/h2-7H,8H2,1H3,(H,13,15,16). The minimum atomic E-state index is -0.416. The van der Waals surface area contributed by atoms with Crippen molar-refractivity contribution in [2.45, 2.75) is 6.54 Å². The number of benzene rings is 1. The molecule has 0 amide bonds. The molecule has 0 saturated carbocycles. The number of nitrogens with zero attached hydrogens (tertiary/aromatic N) is 1. The maximum Gasteiger partial charge on any atom is 0.328 e. The van der Waals surface area contributed by atoms with Crippen molar-refractivity contribution in [2.75, 3.05) is 7.11 Å². The van der Waals surface area contributed by atoms with Gasteiger partial charge in [-0.05, 0) is 17.7 Å². The topological polar surface area (TPSA) is 64.1 Å². The summed E-state index contributed by atoms with van der Waals surface area (Å²) in [6.07, 6.45) is 1.47. The minimum absolute atomic E-state index is 0.392. The van der Waals surface area contributed by atoms with Gasteiger partial charge in [0, 0.05) is 12.3 Å². The summed E-state index contributed by atoms with van der Waals surface area (Å²) < 4.78 is 6.52. The van der Waals surface area contributed by atoms with Crippen LogP contribution in [0.1, 0.15) is 5.56 Å². The predicted octanol–water partition coefficient (Wildman–Crippen LogP) is 0.594. The summed E-state index contributed by atoms with van der Waals surface area (Å²) in [5, 5.41) is 0. The molecule has 0 aliphatic rings. The lowest BCUT2D eigenvalue weighted by molar-refractivity contribution is 0.414.